The lowest BCUT2D eigenvalue weighted by molar-refractivity contribution is -0.114. The normalized spacial score (nSPS) is 11.1. The van der Waals surface area contributed by atoms with E-state index in [1.54, 1.807) is 12.3 Å². The number of anilines is 4. The van der Waals surface area contributed by atoms with Crippen LogP contribution in [0.2, 0.25) is 0 Å². The van der Waals surface area contributed by atoms with Gasteiger partial charge in [-0.1, -0.05) is 6.07 Å². The lowest BCUT2D eigenvalue weighted by atomic mass is 10.1. The summed E-state index contributed by atoms with van der Waals surface area (Å²) in [6.45, 7) is 3.14. The predicted octanol–water partition coefficient (Wildman–Crippen LogP) is 4.48. The van der Waals surface area contributed by atoms with Crippen molar-refractivity contribution in [1.82, 2.24) is 19.4 Å². The highest BCUT2D eigenvalue weighted by Crippen LogP contribution is 2.37. The fourth-order valence-electron chi connectivity index (χ4n) is 4.19. The van der Waals surface area contributed by atoms with Crippen LogP contribution in [0.5, 0.6) is 5.75 Å². The third-order valence-electron chi connectivity index (χ3n) is 6.05. The SMILES string of the molecule is COc1cnc(Nc2ccc(N(C)CCN(C)C)c(NC(C)=O)c2)nc1-c1cn(C)c2cccc(F)c12. The van der Waals surface area contributed by atoms with Gasteiger partial charge in [0.15, 0.2) is 5.75 Å². The fourth-order valence-corrected chi connectivity index (χ4v) is 4.19. The van der Waals surface area contributed by atoms with E-state index in [2.05, 4.69) is 30.4 Å². The van der Waals surface area contributed by atoms with Gasteiger partial charge in [0.2, 0.25) is 11.9 Å². The second-order valence-electron chi connectivity index (χ2n) is 9.16. The first-order chi connectivity index (χ1) is 17.7. The number of amides is 1. The summed E-state index contributed by atoms with van der Waals surface area (Å²) in [4.78, 5) is 25.2. The van der Waals surface area contributed by atoms with Crippen LogP contribution >= 0.6 is 0 Å². The van der Waals surface area contributed by atoms with Gasteiger partial charge in [-0.25, -0.2) is 14.4 Å². The van der Waals surface area contributed by atoms with Gasteiger partial charge in [-0.2, -0.15) is 0 Å². The molecule has 9 nitrogen and oxygen atoms in total. The minimum Gasteiger partial charge on any atom is -0.493 e. The van der Waals surface area contributed by atoms with Crippen molar-refractivity contribution in [2.24, 2.45) is 7.05 Å². The monoisotopic (exact) mass is 505 g/mol. The molecule has 2 N–H and O–H groups in total. The molecule has 0 bridgehead atoms. The van der Waals surface area contributed by atoms with Crippen molar-refractivity contribution in [3.8, 4) is 17.0 Å². The number of likely N-dealkylation sites (N-methyl/N-ethyl adjacent to an activating group) is 2. The second-order valence-corrected chi connectivity index (χ2v) is 9.16. The molecule has 0 fully saturated rings. The summed E-state index contributed by atoms with van der Waals surface area (Å²) < 4.78 is 22.2. The van der Waals surface area contributed by atoms with Crippen LogP contribution in [0.1, 0.15) is 6.92 Å². The number of aryl methyl sites for hydroxylation is 1. The second kappa shape index (κ2) is 10.8. The van der Waals surface area contributed by atoms with Gasteiger partial charge in [0, 0.05) is 56.9 Å². The zero-order valence-corrected chi connectivity index (χ0v) is 22.0. The van der Waals surface area contributed by atoms with Crippen LogP contribution in [0.25, 0.3) is 22.2 Å². The van der Waals surface area contributed by atoms with Gasteiger partial charge in [0.05, 0.1) is 30.2 Å². The van der Waals surface area contributed by atoms with E-state index < -0.39 is 0 Å². The molecule has 0 unspecified atom stereocenters. The average molecular weight is 506 g/mol. The molecular formula is C27H32FN7O2. The summed E-state index contributed by atoms with van der Waals surface area (Å²) in [6.07, 6.45) is 3.39. The van der Waals surface area contributed by atoms with E-state index in [0.29, 0.717) is 39.7 Å². The Hall–Kier alpha value is -4.18. The lowest BCUT2D eigenvalue weighted by Crippen LogP contribution is -2.29. The van der Waals surface area contributed by atoms with Crippen LogP contribution in [-0.4, -0.2) is 66.7 Å². The van der Waals surface area contributed by atoms with Gasteiger partial charge in [-0.15, -0.1) is 0 Å². The number of rotatable bonds is 9. The highest BCUT2D eigenvalue weighted by atomic mass is 19.1. The van der Waals surface area contributed by atoms with Crippen LogP contribution in [0, 0.1) is 5.82 Å². The van der Waals surface area contributed by atoms with E-state index in [0.717, 1.165) is 24.3 Å². The molecule has 1 amide bonds. The van der Waals surface area contributed by atoms with Gasteiger partial charge < -0.3 is 29.7 Å². The van der Waals surface area contributed by atoms with Crippen LogP contribution in [0.3, 0.4) is 0 Å². The lowest BCUT2D eigenvalue weighted by Gasteiger charge is -2.24. The summed E-state index contributed by atoms with van der Waals surface area (Å²) in [5.74, 6) is 0.238. The topological polar surface area (TPSA) is 87.6 Å². The average Bonchev–Trinajstić information content (AvgIpc) is 3.20. The number of carbonyl (C=O) groups is 1. The molecule has 0 spiro atoms. The third kappa shape index (κ3) is 5.64. The number of hydrogen-bond acceptors (Lipinski definition) is 7. The molecule has 37 heavy (non-hydrogen) atoms. The Morgan fingerprint density at radius 1 is 1.16 bits per heavy atom. The van der Waals surface area contributed by atoms with Gasteiger partial charge in [-0.05, 0) is 44.4 Å². The van der Waals surface area contributed by atoms with Crippen molar-refractivity contribution < 1.29 is 13.9 Å². The maximum atomic E-state index is 14.8. The number of methoxy groups -OCH3 is 1. The smallest absolute Gasteiger partial charge is 0.227 e. The highest BCUT2D eigenvalue weighted by Gasteiger charge is 2.19. The largest absolute Gasteiger partial charge is 0.493 e. The molecule has 2 heterocycles. The summed E-state index contributed by atoms with van der Waals surface area (Å²) in [5, 5.41) is 6.59. The zero-order chi connectivity index (χ0) is 26.7. The molecule has 0 radical (unpaired) electrons. The summed E-state index contributed by atoms with van der Waals surface area (Å²) >= 11 is 0. The Balaban J connectivity index is 1.70. The Morgan fingerprint density at radius 3 is 2.65 bits per heavy atom. The van der Waals surface area contributed by atoms with Crippen LogP contribution < -0.4 is 20.3 Å². The van der Waals surface area contributed by atoms with Crippen molar-refractivity contribution in [3.63, 3.8) is 0 Å². The number of nitrogens with zero attached hydrogens (tertiary/aromatic N) is 5. The van der Waals surface area contributed by atoms with Gasteiger partial charge >= 0.3 is 0 Å². The summed E-state index contributed by atoms with van der Waals surface area (Å²) in [6, 6.07) is 10.6. The molecule has 2 aromatic heterocycles. The van der Waals surface area contributed by atoms with Crippen LogP contribution in [-0.2, 0) is 11.8 Å². The Kier molecular flexibility index (Phi) is 7.58. The number of fused-ring (bicyclic) bond motifs is 1. The van der Waals surface area contributed by atoms with Crippen molar-refractivity contribution in [1.29, 1.82) is 0 Å². The molecule has 194 valence electrons. The maximum absolute atomic E-state index is 14.8. The number of ether oxygens (including phenoxy) is 1. The number of benzene rings is 2. The molecule has 2 aromatic carbocycles. The summed E-state index contributed by atoms with van der Waals surface area (Å²) in [5.41, 5.74) is 4.08. The van der Waals surface area contributed by atoms with Gasteiger partial charge in [0.25, 0.3) is 0 Å². The Labute approximate surface area is 215 Å². The van der Waals surface area contributed by atoms with E-state index in [4.69, 9.17) is 4.74 Å². The van der Waals surface area contributed by atoms with E-state index in [1.807, 2.05) is 63.2 Å². The number of hydrogen-bond donors (Lipinski definition) is 2. The third-order valence-corrected chi connectivity index (χ3v) is 6.05. The zero-order valence-electron chi connectivity index (χ0n) is 22.0. The molecule has 0 atom stereocenters. The van der Waals surface area contributed by atoms with Gasteiger partial charge in [0.1, 0.15) is 11.5 Å². The van der Waals surface area contributed by atoms with Gasteiger partial charge in [-0.3, -0.25) is 4.79 Å². The first-order valence-corrected chi connectivity index (χ1v) is 11.9. The molecule has 0 aliphatic heterocycles. The van der Waals surface area contributed by atoms with E-state index in [1.165, 1.54) is 20.1 Å². The number of halogens is 1. The maximum Gasteiger partial charge on any atom is 0.227 e. The van der Waals surface area contributed by atoms with Crippen molar-refractivity contribution in [3.05, 3.63) is 54.6 Å². The van der Waals surface area contributed by atoms with E-state index in [-0.39, 0.29) is 11.7 Å². The number of nitrogens with one attached hydrogen (secondary N) is 2. The van der Waals surface area contributed by atoms with Crippen molar-refractivity contribution in [2.75, 3.05) is 56.9 Å². The molecule has 4 aromatic rings. The molecule has 0 aliphatic rings. The fraction of sp³-hybridized carbons (Fsp3) is 0.296. The van der Waals surface area contributed by atoms with Crippen molar-refractivity contribution in [2.45, 2.75) is 6.92 Å². The van der Waals surface area contributed by atoms with E-state index in [9.17, 15) is 9.18 Å². The highest BCUT2D eigenvalue weighted by molar-refractivity contribution is 5.97. The Morgan fingerprint density at radius 2 is 1.95 bits per heavy atom. The molecule has 4 rings (SSSR count). The quantitative estimate of drug-likeness (QED) is 0.347. The predicted molar refractivity (Wildman–Crippen MR) is 146 cm³/mol. The molecule has 0 saturated carbocycles. The first-order valence-electron chi connectivity index (χ1n) is 11.9. The summed E-state index contributed by atoms with van der Waals surface area (Å²) in [7, 11) is 9.41. The van der Waals surface area contributed by atoms with Crippen LogP contribution in [0.4, 0.5) is 27.4 Å². The molecular weight excluding hydrogens is 473 g/mol. The first kappa shape index (κ1) is 25.9. The minimum absolute atomic E-state index is 0.166. The van der Waals surface area contributed by atoms with E-state index >= 15 is 0 Å². The van der Waals surface area contributed by atoms with Crippen molar-refractivity contribution >= 4 is 39.8 Å². The number of carbonyl (C=O) groups excluding carboxylic acids is 1. The molecule has 10 heteroatoms. The minimum atomic E-state index is -0.336. The molecule has 0 saturated heterocycles. The Bertz CT molecular complexity index is 1430. The molecule has 0 aliphatic carbocycles. The number of aromatic nitrogens is 3. The van der Waals surface area contributed by atoms with Crippen LogP contribution in [0.15, 0.2) is 48.8 Å². The standard InChI is InChI=1S/C27H32FN7O2/c1-17(36)30-21-14-18(10-11-22(21)34(4)13-12-33(2)3)31-27-29-15-24(37-6)26(32-27)19-16-35(5)23-9-7-8-20(28)25(19)23/h7-11,14-16H,12-13H2,1-6H3,(H,30,36)(H,29,31,32).